The minimum Gasteiger partial charge on any atom is -0.395 e. The van der Waals surface area contributed by atoms with E-state index in [1.165, 1.54) is 0 Å². The molecule has 12 heavy (non-hydrogen) atoms. The van der Waals surface area contributed by atoms with Gasteiger partial charge in [0.1, 0.15) is 6.10 Å². The first-order valence-corrected chi connectivity index (χ1v) is 4.18. The topological polar surface area (TPSA) is 64.7 Å². The number of hydrogen-bond acceptors (Lipinski definition) is 4. The number of aliphatic hydroxyl groups excluding tert-OH is 1. The molecular weight excluding hydrogens is 158 g/mol. The highest BCUT2D eigenvalue weighted by Gasteiger charge is 2.41. The summed E-state index contributed by atoms with van der Waals surface area (Å²) in [7, 11) is 0. The number of rotatable bonds is 2. The number of aliphatic hydroxyl groups is 1. The molecule has 1 saturated heterocycles. The quantitative estimate of drug-likeness (QED) is 0.612. The van der Waals surface area contributed by atoms with Gasteiger partial charge in [0.2, 0.25) is 0 Å². The van der Waals surface area contributed by atoms with Gasteiger partial charge in [0.25, 0.3) is 0 Å². The van der Waals surface area contributed by atoms with E-state index in [0.717, 1.165) is 0 Å². The lowest BCUT2D eigenvalue weighted by molar-refractivity contribution is -0.147. The smallest absolute Gasteiger partial charge is 0.163 e. The van der Waals surface area contributed by atoms with Crippen LogP contribution in [0.4, 0.5) is 0 Å². The van der Waals surface area contributed by atoms with Gasteiger partial charge in [0.05, 0.1) is 18.8 Å². The van der Waals surface area contributed by atoms with Crippen molar-refractivity contribution in [3.8, 4) is 0 Å². The summed E-state index contributed by atoms with van der Waals surface area (Å²) in [5.41, 5.74) is 5.63. The Balaban J connectivity index is 2.57. The molecule has 0 aromatic carbocycles. The summed E-state index contributed by atoms with van der Waals surface area (Å²) in [4.78, 5) is 0. The van der Waals surface area contributed by atoms with Crippen LogP contribution in [0.25, 0.3) is 0 Å². The van der Waals surface area contributed by atoms with E-state index in [9.17, 15) is 0 Å². The van der Waals surface area contributed by atoms with E-state index in [0.29, 0.717) is 0 Å². The molecule has 1 aliphatic heterocycles. The fourth-order valence-corrected chi connectivity index (χ4v) is 1.51. The molecule has 0 unspecified atom stereocenters. The van der Waals surface area contributed by atoms with Crippen LogP contribution in [0.2, 0.25) is 0 Å². The van der Waals surface area contributed by atoms with E-state index in [4.69, 9.17) is 20.3 Å². The molecule has 0 radical (unpaired) electrons. The zero-order valence-corrected chi connectivity index (χ0v) is 7.78. The van der Waals surface area contributed by atoms with Gasteiger partial charge in [-0.2, -0.15) is 0 Å². The molecule has 4 heteroatoms. The van der Waals surface area contributed by atoms with Crippen molar-refractivity contribution in [2.24, 2.45) is 5.73 Å². The normalized spacial score (nSPS) is 36.8. The van der Waals surface area contributed by atoms with Crippen LogP contribution >= 0.6 is 0 Å². The Hall–Kier alpha value is -0.160. The Bertz CT molecular complexity index is 160. The maximum absolute atomic E-state index is 8.82. The lowest BCUT2D eigenvalue weighted by Gasteiger charge is -2.20. The Labute approximate surface area is 72.6 Å². The zero-order chi connectivity index (χ0) is 9.35. The Morgan fingerprint density at radius 3 is 2.42 bits per heavy atom. The van der Waals surface area contributed by atoms with Crippen LogP contribution in [0.15, 0.2) is 0 Å². The highest BCUT2D eigenvalue weighted by atomic mass is 16.8. The summed E-state index contributed by atoms with van der Waals surface area (Å²) >= 11 is 0. The standard InChI is InChI=1S/C8H17NO3/c1-5-7(6(9)4-10)12-8(2,3)11-5/h5-7,10H,4,9H2,1-3H3/t5-,6-,7+/m0/s1. The van der Waals surface area contributed by atoms with Crippen LogP contribution in [0.1, 0.15) is 20.8 Å². The second-order valence-electron chi connectivity index (χ2n) is 3.65. The largest absolute Gasteiger partial charge is 0.395 e. The predicted octanol–water partition coefficient (Wildman–Crippen LogP) is -0.154. The van der Waals surface area contributed by atoms with E-state index in [-0.39, 0.29) is 24.9 Å². The summed E-state index contributed by atoms with van der Waals surface area (Å²) in [6.07, 6.45) is -0.257. The lowest BCUT2D eigenvalue weighted by Crippen LogP contribution is -2.43. The van der Waals surface area contributed by atoms with Crippen molar-refractivity contribution in [3.05, 3.63) is 0 Å². The first kappa shape index (κ1) is 9.92. The molecule has 0 saturated carbocycles. The highest BCUT2D eigenvalue weighted by Crippen LogP contribution is 2.28. The van der Waals surface area contributed by atoms with E-state index >= 15 is 0 Å². The van der Waals surface area contributed by atoms with Crippen molar-refractivity contribution in [2.45, 2.75) is 44.8 Å². The Morgan fingerprint density at radius 2 is 2.08 bits per heavy atom. The molecule has 3 N–H and O–H groups in total. The average Bonchev–Trinajstić information content (AvgIpc) is 2.23. The van der Waals surface area contributed by atoms with Gasteiger partial charge in [0, 0.05) is 0 Å². The second kappa shape index (κ2) is 3.30. The fourth-order valence-electron chi connectivity index (χ4n) is 1.51. The SMILES string of the molecule is C[C@@H]1OC(C)(C)O[C@H]1[C@@H](N)CO. The van der Waals surface area contributed by atoms with Gasteiger partial charge in [-0.15, -0.1) is 0 Å². The molecule has 0 amide bonds. The van der Waals surface area contributed by atoms with Crippen molar-refractivity contribution in [1.29, 1.82) is 0 Å². The van der Waals surface area contributed by atoms with E-state index < -0.39 is 5.79 Å². The van der Waals surface area contributed by atoms with Crippen molar-refractivity contribution in [2.75, 3.05) is 6.61 Å². The van der Waals surface area contributed by atoms with Crippen molar-refractivity contribution < 1.29 is 14.6 Å². The van der Waals surface area contributed by atoms with Gasteiger partial charge in [0.15, 0.2) is 5.79 Å². The second-order valence-corrected chi connectivity index (χ2v) is 3.65. The van der Waals surface area contributed by atoms with Crippen LogP contribution < -0.4 is 5.73 Å². The van der Waals surface area contributed by atoms with Crippen molar-refractivity contribution in [3.63, 3.8) is 0 Å². The third-order valence-electron chi connectivity index (χ3n) is 1.99. The minimum absolute atomic E-state index is 0.0536. The molecular formula is C8H17NO3. The van der Waals surface area contributed by atoms with Crippen LogP contribution in [-0.4, -0.2) is 35.8 Å². The third kappa shape index (κ3) is 1.95. The molecule has 72 valence electrons. The van der Waals surface area contributed by atoms with Gasteiger partial charge in [-0.05, 0) is 20.8 Å². The van der Waals surface area contributed by atoms with E-state index in [1.807, 2.05) is 20.8 Å². The van der Waals surface area contributed by atoms with Gasteiger partial charge >= 0.3 is 0 Å². The molecule has 1 aliphatic rings. The van der Waals surface area contributed by atoms with Gasteiger partial charge in [-0.25, -0.2) is 0 Å². The highest BCUT2D eigenvalue weighted by molar-refractivity contribution is 4.85. The minimum atomic E-state index is -0.573. The van der Waals surface area contributed by atoms with Gasteiger partial charge in [-0.3, -0.25) is 0 Å². The van der Waals surface area contributed by atoms with Gasteiger partial charge in [-0.1, -0.05) is 0 Å². The molecule has 1 rings (SSSR count). The molecule has 0 aromatic heterocycles. The molecule has 0 bridgehead atoms. The molecule has 3 atom stereocenters. The molecule has 0 spiro atoms. The average molecular weight is 175 g/mol. The molecule has 4 nitrogen and oxygen atoms in total. The van der Waals surface area contributed by atoms with E-state index in [2.05, 4.69) is 0 Å². The first-order chi connectivity index (χ1) is 5.46. The monoisotopic (exact) mass is 175 g/mol. The van der Waals surface area contributed by atoms with Crippen molar-refractivity contribution in [1.82, 2.24) is 0 Å². The number of nitrogens with two attached hydrogens (primary N) is 1. The molecule has 1 heterocycles. The maximum Gasteiger partial charge on any atom is 0.163 e. The predicted molar refractivity (Wildman–Crippen MR) is 44.6 cm³/mol. The summed E-state index contributed by atoms with van der Waals surface area (Å²) in [6, 6.07) is -0.359. The summed E-state index contributed by atoms with van der Waals surface area (Å²) in [6.45, 7) is 5.50. The molecule has 0 aliphatic carbocycles. The number of hydrogen-bond donors (Lipinski definition) is 2. The summed E-state index contributed by atoms with van der Waals surface area (Å²) in [5.74, 6) is -0.573. The molecule has 0 aromatic rings. The fraction of sp³-hybridized carbons (Fsp3) is 1.00. The van der Waals surface area contributed by atoms with Crippen LogP contribution in [0.5, 0.6) is 0 Å². The number of ether oxygens (including phenoxy) is 2. The van der Waals surface area contributed by atoms with E-state index in [1.54, 1.807) is 0 Å². The lowest BCUT2D eigenvalue weighted by atomic mass is 10.1. The van der Waals surface area contributed by atoms with Gasteiger partial charge < -0.3 is 20.3 Å². The van der Waals surface area contributed by atoms with Crippen LogP contribution in [0, 0.1) is 0 Å². The third-order valence-corrected chi connectivity index (χ3v) is 1.99. The summed E-state index contributed by atoms with van der Waals surface area (Å²) in [5, 5.41) is 8.82. The van der Waals surface area contributed by atoms with Crippen LogP contribution in [0.3, 0.4) is 0 Å². The Kier molecular flexibility index (Phi) is 2.73. The van der Waals surface area contributed by atoms with Crippen LogP contribution in [-0.2, 0) is 9.47 Å². The zero-order valence-electron chi connectivity index (χ0n) is 7.78. The summed E-state index contributed by atoms with van der Waals surface area (Å²) < 4.78 is 11.0. The van der Waals surface area contributed by atoms with Crippen molar-refractivity contribution >= 4 is 0 Å². The molecule has 1 fully saturated rings. The maximum atomic E-state index is 8.82. The Morgan fingerprint density at radius 1 is 1.50 bits per heavy atom. The first-order valence-electron chi connectivity index (χ1n) is 4.18.